The number of carboxylic acid groups (broad SMARTS) is 5. The summed E-state index contributed by atoms with van der Waals surface area (Å²) in [5, 5.41) is 52.7. The Morgan fingerprint density at radius 3 is 1.59 bits per heavy atom. The van der Waals surface area contributed by atoms with E-state index in [-0.39, 0.29) is 72.7 Å². The van der Waals surface area contributed by atoms with E-state index in [1.54, 1.807) is 12.4 Å². The normalized spacial score (nSPS) is 11.0. The summed E-state index contributed by atoms with van der Waals surface area (Å²) >= 11 is 0. The Bertz CT molecular complexity index is 1450. The van der Waals surface area contributed by atoms with E-state index in [1.807, 2.05) is 4.90 Å². The van der Waals surface area contributed by atoms with Crippen molar-refractivity contribution < 1.29 is 89.1 Å². The van der Waals surface area contributed by atoms with E-state index in [4.69, 9.17) is 19.8 Å². The Hall–Kier alpha value is -5.53. The van der Waals surface area contributed by atoms with Crippen LogP contribution in [-0.4, -0.2) is 130 Å². The molecule has 56 heavy (non-hydrogen) atoms. The number of hydrogen-bond acceptors (Lipinski definition) is 12. The first-order valence-electron chi connectivity index (χ1n) is 16.4. The van der Waals surface area contributed by atoms with Gasteiger partial charge in [0.1, 0.15) is 36.8 Å². The first-order valence-corrected chi connectivity index (χ1v) is 16.4. The molecule has 2 aromatic heterocycles. The fourth-order valence-corrected chi connectivity index (χ4v) is 4.90. The van der Waals surface area contributed by atoms with Crippen LogP contribution in [0, 0.1) is 7.43 Å². The van der Waals surface area contributed by atoms with Gasteiger partial charge in [-0.2, -0.15) is 0 Å². The van der Waals surface area contributed by atoms with Crippen molar-refractivity contribution in [3.05, 3.63) is 43.9 Å². The van der Waals surface area contributed by atoms with E-state index in [0.717, 1.165) is 0 Å². The molecule has 0 fully saturated rings. The molecule has 0 unspecified atom stereocenters. The number of aromatic nitrogens is 4. The second kappa shape index (κ2) is 31.8. The van der Waals surface area contributed by atoms with Gasteiger partial charge in [-0.15, -0.1) is 0 Å². The molecule has 315 valence electrons. The van der Waals surface area contributed by atoms with E-state index in [9.17, 15) is 48.9 Å². The summed E-state index contributed by atoms with van der Waals surface area (Å²) in [6.45, 7) is 7.38. The minimum Gasteiger partial charge on any atom is -0.545 e. The van der Waals surface area contributed by atoms with Crippen LogP contribution in [0.15, 0.2) is 24.8 Å². The number of rotatable bonds is 26. The maximum atomic E-state index is 12.3. The van der Waals surface area contributed by atoms with Crippen LogP contribution in [0.5, 0.6) is 0 Å². The maximum Gasteiger partial charge on any atom is 0.326 e. The quantitative estimate of drug-likeness (QED) is 0.0351. The smallest absolute Gasteiger partial charge is 0.326 e. The molecule has 1 radical (unpaired) electrons. The molecule has 0 aliphatic carbocycles. The molecule has 0 saturated carbocycles. The van der Waals surface area contributed by atoms with Gasteiger partial charge in [0, 0.05) is 64.6 Å². The van der Waals surface area contributed by atoms with Crippen molar-refractivity contribution in [2.24, 2.45) is 0 Å². The van der Waals surface area contributed by atoms with Gasteiger partial charge in [-0.1, -0.05) is 6.42 Å². The molecule has 2 atom stereocenters. The third kappa shape index (κ3) is 24.0. The number of unbranched alkanes of at least 4 members (excludes halogenated alkanes) is 3. The molecule has 3 amide bonds. The molecule has 2 rings (SSSR count). The molecular formula is C33H49N8O14Re-3. The average Bonchev–Trinajstić information content (AvgIpc) is 3.74. The van der Waals surface area contributed by atoms with E-state index in [2.05, 4.69) is 39.5 Å². The number of nitrogens with zero attached hydrogens (tertiary/aromatic N) is 5. The SMILES string of the molecule is O=C(O)CC[C@H](NC(=O)N[C@@H](CCCCNC(=O)CCCCCN(Cc1nccn1CC(=O)O)Cc1nccn1CC(=O)O)C(=O)O)C(=O)O.[CH-]=O.[CH-]=O.[CH3-].[Re]. The Balaban J connectivity index is -0.00000452. The van der Waals surface area contributed by atoms with E-state index in [1.165, 1.54) is 21.5 Å². The van der Waals surface area contributed by atoms with E-state index < -0.39 is 54.4 Å². The largest absolute Gasteiger partial charge is 0.545 e. The summed E-state index contributed by atoms with van der Waals surface area (Å²) in [6.07, 6.45) is 8.21. The van der Waals surface area contributed by atoms with Gasteiger partial charge < -0.3 is 67.6 Å². The van der Waals surface area contributed by atoms with Gasteiger partial charge in [0.15, 0.2) is 0 Å². The topological polar surface area (TPSA) is 330 Å². The van der Waals surface area contributed by atoms with Gasteiger partial charge in [-0.3, -0.25) is 37.7 Å². The number of hydrogen-bond donors (Lipinski definition) is 8. The Labute approximate surface area is 336 Å². The Kier molecular flexibility index (Phi) is 31.1. The molecule has 8 N–H and O–H groups in total. The Morgan fingerprint density at radius 2 is 1.14 bits per heavy atom. The number of urea groups is 1. The summed E-state index contributed by atoms with van der Waals surface area (Å²) in [4.78, 5) is 106. The van der Waals surface area contributed by atoms with Crippen LogP contribution >= 0.6 is 0 Å². The minimum absolute atomic E-state index is 0. The second-order valence-corrected chi connectivity index (χ2v) is 11.4. The zero-order valence-corrected chi connectivity index (χ0v) is 33.5. The van der Waals surface area contributed by atoms with Crippen LogP contribution in [0.3, 0.4) is 0 Å². The second-order valence-electron chi connectivity index (χ2n) is 11.4. The predicted octanol–water partition coefficient (Wildman–Crippen LogP) is 0.0679. The third-order valence-corrected chi connectivity index (χ3v) is 7.42. The van der Waals surface area contributed by atoms with Crippen molar-refractivity contribution >= 4 is 55.4 Å². The van der Waals surface area contributed by atoms with Crippen molar-refractivity contribution in [1.29, 1.82) is 0 Å². The number of amides is 3. The molecule has 23 heteroatoms. The molecule has 0 aliphatic heterocycles. The monoisotopic (exact) mass is 968 g/mol. The van der Waals surface area contributed by atoms with Gasteiger partial charge in [-0.25, -0.2) is 24.4 Å². The third-order valence-electron chi connectivity index (χ3n) is 7.42. The maximum absolute atomic E-state index is 12.3. The van der Waals surface area contributed by atoms with Crippen molar-refractivity contribution in [3.63, 3.8) is 0 Å². The molecule has 2 aromatic rings. The van der Waals surface area contributed by atoms with Gasteiger partial charge in [0.25, 0.3) is 0 Å². The summed E-state index contributed by atoms with van der Waals surface area (Å²) in [5.74, 6) is -5.21. The summed E-state index contributed by atoms with van der Waals surface area (Å²) < 4.78 is 3.03. The van der Waals surface area contributed by atoms with E-state index in [0.29, 0.717) is 63.4 Å². The first-order chi connectivity index (χ1) is 25.7. The molecule has 0 saturated heterocycles. The van der Waals surface area contributed by atoms with Gasteiger partial charge >= 0.3 is 35.9 Å². The van der Waals surface area contributed by atoms with Gasteiger partial charge in [0.05, 0.1) is 13.1 Å². The van der Waals surface area contributed by atoms with Crippen LogP contribution in [0.1, 0.15) is 69.4 Å². The molecule has 0 aliphatic rings. The number of carboxylic acids is 5. The minimum atomic E-state index is -1.50. The van der Waals surface area contributed by atoms with Crippen LogP contribution < -0.4 is 16.0 Å². The Morgan fingerprint density at radius 1 is 0.661 bits per heavy atom. The number of nitrogens with one attached hydrogen (secondary N) is 3. The molecule has 2 heterocycles. The molecule has 0 spiro atoms. The zero-order valence-electron chi connectivity index (χ0n) is 30.7. The molecule has 22 nitrogen and oxygen atoms in total. The summed E-state index contributed by atoms with van der Waals surface area (Å²) in [5.41, 5.74) is 0. The first kappa shape index (κ1) is 54.8. The van der Waals surface area contributed by atoms with Crippen LogP contribution in [-0.2, 0) is 85.0 Å². The number of carbonyl (C=O) groups excluding carboxylic acids is 4. The standard InChI is InChI=1S/C30H44N8O12.2CHO.CH3.Re/c39-24(33-10-4-3-6-20(28(46)47)34-30(50)35-21(29(48)49)8-9-25(40)41)7-2-1-5-13-36(16-22-31-11-14-37(22)18-26(42)43)17-23-32-12-15-38(23)19-27(44)45;2*1-2;;/h11-12,14-15,20-21H,1-10,13,16-19H2,(H,33,39)(H,40,41)(H,42,43)(H,44,45)(H,46,47)(H,48,49)(H2,34,35,50);2*1H;1H3;/q;3*-1;/t20-,21-;;;;/m0..../s1. The number of aliphatic carboxylic acids is 5. The van der Waals surface area contributed by atoms with Crippen molar-refractivity contribution in [1.82, 2.24) is 40.0 Å². The van der Waals surface area contributed by atoms with Crippen LogP contribution in [0.2, 0.25) is 0 Å². The van der Waals surface area contributed by atoms with Gasteiger partial charge in [0.2, 0.25) is 5.91 Å². The van der Waals surface area contributed by atoms with Crippen molar-refractivity contribution in [2.45, 2.75) is 96.1 Å². The van der Waals surface area contributed by atoms with E-state index >= 15 is 0 Å². The van der Waals surface area contributed by atoms with Crippen molar-refractivity contribution in [3.8, 4) is 0 Å². The van der Waals surface area contributed by atoms with Crippen molar-refractivity contribution in [2.75, 3.05) is 13.1 Å². The van der Waals surface area contributed by atoms with Crippen LogP contribution in [0.4, 0.5) is 4.79 Å². The molecule has 0 bridgehead atoms. The van der Waals surface area contributed by atoms with Crippen LogP contribution in [0.25, 0.3) is 0 Å². The fraction of sp³-hybridized carbons (Fsp3) is 0.515. The average molecular weight is 968 g/mol. The summed E-state index contributed by atoms with van der Waals surface area (Å²) in [7, 11) is 0. The number of carbonyl (C=O) groups is 7. The predicted molar refractivity (Wildman–Crippen MR) is 190 cm³/mol. The zero-order chi connectivity index (χ0) is 41.1. The molecule has 0 aromatic carbocycles. The molecular weight excluding hydrogens is 919 g/mol. The summed E-state index contributed by atoms with van der Waals surface area (Å²) in [6, 6.07) is -3.88. The van der Waals surface area contributed by atoms with Gasteiger partial charge in [-0.05, 0) is 45.1 Å². The number of imidazole rings is 2. The fourth-order valence-electron chi connectivity index (χ4n) is 4.90.